The van der Waals surface area contributed by atoms with E-state index >= 15 is 0 Å². The number of nitrogens with zero attached hydrogens (tertiary/aromatic N) is 1. The Morgan fingerprint density at radius 1 is 1.50 bits per heavy atom. The van der Waals surface area contributed by atoms with E-state index in [0.717, 1.165) is 6.42 Å². The van der Waals surface area contributed by atoms with Gasteiger partial charge in [-0.15, -0.1) is 0 Å². The average Bonchev–Trinajstić information content (AvgIpc) is 2.61. The number of hydrogen-bond acceptors (Lipinski definition) is 3. The minimum absolute atomic E-state index is 0.172. The average molecular weight is 201 g/mol. The highest BCUT2D eigenvalue weighted by atomic mass is 16.5. The fraction of sp³-hybridized carbons (Fsp3) is 0.900. The first-order valence-corrected chi connectivity index (χ1v) is 5.04. The van der Waals surface area contributed by atoms with Crippen molar-refractivity contribution in [3.05, 3.63) is 0 Å². The van der Waals surface area contributed by atoms with Crippen LogP contribution in [-0.4, -0.2) is 50.3 Å². The molecule has 1 saturated heterocycles. The summed E-state index contributed by atoms with van der Waals surface area (Å²) in [5.74, 6) is 0.187. The molecule has 4 heteroatoms. The van der Waals surface area contributed by atoms with Crippen LogP contribution in [0.3, 0.4) is 0 Å². The maximum atomic E-state index is 11.6. The topological polar surface area (TPSA) is 38.8 Å². The van der Waals surface area contributed by atoms with Crippen LogP contribution < -0.4 is 0 Å². The smallest absolute Gasteiger partial charge is 0.222 e. The zero-order chi connectivity index (χ0) is 10.6. The largest absolute Gasteiger partial charge is 0.383 e. The molecule has 0 radical (unpaired) electrons. The van der Waals surface area contributed by atoms with Gasteiger partial charge < -0.3 is 14.4 Å². The van der Waals surface area contributed by atoms with Crippen molar-refractivity contribution in [2.24, 2.45) is 0 Å². The zero-order valence-corrected chi connectivity index (χ0v) is 9.16. The van der Waals surface area contributed by atoms with E-state index in [1.54, 1.807) is 14.2 Å². The second kappa shape index (κ2) is 5.32. The van der Waals surface area contributed by atoms with Crippen LogP contribution in [-0.2, 0) is 14.3 Å². The van der Waals surface area contributed by atoms with Crippen molar-refractivity contribution in [2.75, 3.05) is 27.4 Å². The minimum Gasteiger partial charge on any atom is -0.383 e. The van der Waals surface area contributed by atoms with Gasteiger partial charge in [0.05, 0.1) is 18.8 Å². The second-order valence-corrected chi connectivity index (χ2v) is 3.60. The normalized spacial score (nSPS) is 26.9. The highest BCUT2D eigenvalue weighted by Crippen LogP contribution is 2.20. The van der Waals surface area contributed by atoms with Gasteiger partial charge in [-0.3, -0.25) is 4.79 Å². The van der Waals surface area contributed by atoms with Crippen molar-refractivity contribution in [1.29, 1.82) is 0 Å². The van der Waals surface area contributed by atoms with E-state index in [0.29, 0.717) is 19.6 Å². The van der Waals surface area contributed by atoms with Gasteiger partial charge in [-0.1, -0.05) is 6.92 Å². The SMILES string of the molecule is CCC(=O)N1CC(OC)C[C@H]1COC. The number of methoxy groups -OCH3 is 2. The Labute approximate surface area is 85.2 Å². The summed E-state index contributed by atoms with van der Waals surface area (Å²) in [6, 6.07) is 0.192. The number of rotatable bonds is 4. The summed E-state index contributed by atoms with van der Waals surface area (Å²) in [5.41, 5.74) is 0. The van der Waals surface area contributed by atoms with Gasteiger partial charge in [0.25, 0.3) is 0 Å². The quantitative estimate of drug-likeness (QED) is 0.670. The van der Waals surface area contributed by atoms with Crippen LogP contribution in [0.15, 0.2) is 0 Å². The molecule has 1 rings (SSSR count). The number of likely N-dealkylation sites (tertiary alicyclic amines) is 1. The van der Waals surface area contributed by atoms with E-state index in [1.807, 2.05) is 11.8 Å². The Morgan fingerprint density at radius 3 is 2.71 bits per heavy atom. The van der Waals surface area contributed by atoms with Crippen LogP contribution in [0, 0.1) is 0 Å². The lowest BCUT2D eigenvalue weighted by Crippen LogP contribution is -2.37. The first-order valence-electron chi connectivity index (χ1n) is 5.04. The molecule has 1 heterocycles. The second-order valence-electron chi connectivity index (χ2n) is 3.60. The molecular weight excluding hydrogens is 182 g/mol. The molecule has 0 saturated carbocycles. The van der Waals surface area contributed by atoms with E-state index in [-0.39, 0.29) is 18.1 Å². The van der Waals surface area contributed by atoms with E-state index < -0.39 is 0 Å². The maximum absolute atomic E-state index is 11.6. The molecule has 1 aliphatic rings. The van der Waals surface area contributed by atoms with Crippen LogP contribution in [0.2, 0.25) is 0 Å². The zero-order valence-electron chi connectivity index (χ0n) is 9.16. The van der Waals surface area contributed by atoms with Crippen LogP contribution >= 0.6 is 0 Å². The highest BCUT2D eigenvalue weighted by Gasteiger charge is 2.34. The summed E-state index contributed by atoms with van der Waals surface area (Å²) in [6.07, 6.45) is 1.61. The predicted molar refractivity (Wildman–Crippen MR) is 53.1 cm³/mol. The van der Waals surface area contributed by atoms with Gasteiger partial charge in [0.15, 0.2) is 0 Å². The molecule has 0 bridgehead atoms. The molecule has 1 fully saturated rings. The molecule has 14 heavy (non-hydrogen) atoms. The van der Waals surface area contributed by atoms with Gasteiger partial charge in [-0.2, -0.15) is 0 Å². The molecule has 0 aromatic carbocycles. The van der Waals surface area contributed by atoms with Gasteiger partial charge in [0.2, 0.25) is 5.91 Å². The third kappa shape index (κ3) is 2.45. The van der Waals surface area contributed by atoms with Gasteiger partial charge in [-0.05, 0) is 6.42 Å². The van der Waals surface area contributed by atoms with Gasteiger partial charge in [-0.25, -0.2) is 0 Å². The summed E-state index contributed by atoms with van der Waals surface area (Å²) in [5, 5.41) is 0. The van der Waals surface area contributed by atoms with Crippen molar-refractivity contribution in [1.82, 2.24) is 4.90 Å². The summed E-state index contributed by atoms with van der Waals surface area (Å²) in [6.45, 7) is 3.19. The third-order valence-corrected chi connectivity index (χ3v) is 2.69. The van der Waals surface area contributed by atoms with E-state index in [2.05, 4.69) is 0 Å². The van der Waals surface area contributed by atoms with Gasteiger partial charge in [0.1, 0.15) is 0 Å². The number of ether oxygens (including phenoxy) is 2. The van der Waals surface area contributed by atoms with Crippen LogP contribution in [0.1, 0.15) is 19.8 Å². The van der Waals surface area contributed by atoms with Crippen LogP contribution in [0.5, 0.6) is 0 Å². The summed E-state index contributed by atoms with van der Waals surface area (Å²) in [4.78, 5) is 13.4. The molecule has 0 spiro atoms. The van der Waals surface area contributed by atoms with Crippen molar-refractivity contribution in [2.45, 2.75) is 31.9 Å². The predicted octanol–water partition coefficient (Wildman–Crippen LogP) is 0.659. The molecule has 1 unspecified atom stereocenters. The summed E-state index contributed by atoms with van der Waals surface area (Å²) >= 11 is 0. The van der Waals surface area contributed by atoms with Gasteiger partial charge >= 0.3 is 0 Å². The monoisotopic (exact) mass is 201 g/mol. The van der Waals surface area contributed by atoms with Crippen molar-refractivity contribution < 1.29 is 14.3 Å². The molecule has 0 aromatic heterocycles. The van der Waals surface area contributed by atoms with Gasteiger partial charge in [0, 0.05) is 27.2 Å². The van der Waals surface area contributed by atoms with Crippen molar-refractivity contribution in [3.63, 3.8) is 0 Å². The summed E-state index contributed by atoms with van der Waals surface area (Å²) < 4.78 is 10.4. The van der Waals surface area contributed by atoms with E-state index in [9.17, 15) is 4.79 Å². The number of hydrogen-bond donors (Lipinski definition) is 0. The van der Waals surface area contributed by atoms with E-state index in [1.165, 1.54) is 0 Å². The standard InChI is InChI=1S/C10H19NO3/c1-4-10(12)11-6-9(14-3)5-8(11)7-13-2/h8-9H,4-7H2,1-3H3/t8-,9?/m0/s1. The fourth-order valence-corrected chi connectivity index (χ4v) is 1.90. The lowest BCUT2D eigenvalue weighted by atomic mass is 10.2. The maximum Gasteiger partial charge on any atom is 0.222 e. The molecule has 0 aromatic rings. The number of carbonyl (C=O) groups is 1. The first-order chi connectivity index (χ1) is 6.72. The Morgan fingerprint density at radius 2 is 2.21 bits per heavy atom. The molecular formula is C10H19NO3. The Bertz CT molecular complexity index is 196. The Balaban J connectivity index is 2.57. The molecule has 2 atom stereocenters. The first kappa shape index (κ1) is 11.5. The Hall–Kier alpha value is -0.610. The van der Waals surface area contributed by atoms with E-state index in [4.69, 9.17) is 9.47 Å². The third-order valence-electron chi connectivity index (χ3n) is 2.69. The van der Waals surface area contributed by atoms with Crippen molar-refractivity contribution in [3.8, 4) is 0 Å². The molecule has 1 amide bonds. The number of amides is 1. The molecule has 4 nitrogen and oxygen atoms in total. The molecule has 0 aliphatic carbocycles. The fourth-order valence-electron chi connectivity index (χ4n) is 1.90. The lowest BCUT2D eigenvalue weighted by Gasteiger charge is -2.23. The number of carbonyl (C=O) groups excluding carboxylic acids is 1. The molecule has 82 valence electrons. The molecule has 1 aliphatic heterocycles. The van der Waals surface area contributed by atoms with Crippen LogP contribution in [0.25, 0.3) is 0 Å². The lowest BCUT2D eigenvalue weighted by molar-refractivity contribution is -0.132. The molecule has 0 N–H and O–H groups in total. The minimum atomic E-state index is 0.172. The Kier molecular flexibility index (Phi) is 4.35. The van der Waals surface area contributed by atoms with Crippen LogP contribution in [0.4, 0.5) is 0 Å². The summed E-state index contributed by atoms with van der Waals surface area (Å²) in [7, 11) is 3.35. The van der Waals surface area contributed by atoms with Crippen molar-refractivity contribution >= 4 is 5.91 Å². The highest BCUT2D eigenvalue weighted by molar-refractivity contribution is 5.76.